The van der Waals surface area contributed by atoms with Gasteiger partial charge >= 0.3 is 0 Å². The van der Waals surface area contributed by atoms with E-state index in [9.17, 15) is 0 Å². The molecule has 1 atom stereocenters. The van der Waals surface area contributed by atoms with Crippen LogP contribution in [0.25, 0.3) is 0 Å². The second kappa shape index (κ2) is 9.26. The zero-order valence-corrected chi connectivity index (χ0v) is 16.3. The number of likely N-dealkylation sites (N-methyl/N-ethyl adjacent to an activating group) is 1. The lowest BCUT2D eigenvalue weighted by atomic mass is 10.1. The molecule has 0 bridgehead atoms. The van der Waals surface area contributed by atoms with Crippen molar-refractivity contribution in [2.75, 3.05) is 27.2 Å². The molecule has 0 spiro atoms. The maximum atomic E-state index is 5.92. The van der Waals surface area contributed by atoms with Crippen LogP contribution in [0.4, 0.5) is 0 Å². The maximum Gasteiger partial charge on any atom is 0.161 e. The molecule has 3 rings (SSSR count). The Kier molecular flexibility index (Phi) is 6.78. The molecule has 5 heteroatoms. The van der Waals surface area contributed by atoms with Crippen molar-refractivity contribution in [2.45, 2.75) is 32.0 Å². The van der Waals surface area contributed by atoms with E-state index in [1.54, 1.807) is 7.11 Å². The lowest BCUT2D eigenvalue weighted by Gasteiger charge is -2.20. The Bertz CT molecular complexity index is 706. The van der Waals surface area contributed by atoms with Crippen LogP contribution in [0.3, 0.4) is 0 Å². The van der Waals surface area contributed by atoms with Crippen molar-refractivity contribution in [2.24, 2.45) is 0 Å². The summed E-state index contributed by atoms with van der Waals surface area (Å²) in [6, 6.07) is 14.4. The van der Waals surface area contributed by atoms with Crippen molar-refractivity contribution in [1.82, 2.24) is 10.2 Å². The summed E-state index contributed by atoms with van der Waals surface area (Å²) in [5, 5.41) is 4.29. The molecule has 4 nitrogen and oxygen atoms in total. The second-order valence-electron chi connectivity index (χ2n) is 6.81. The van der Waals surface area contributed by atoms with Gasteiger partial charge in [0.05, 0.1) is 7.11 Å². The monoisotopic (exact) mass is 374 g/mol. The third-order valence-electron chi connectivity index (χ3n) is 4.92. The van der Waals surface area contributed by atoms with Crippen LogP contribution in [-0.4, -0.2) is 38.2 Å². The summed E-state index contributed by atoms with van der Waals surface area (Å²) in [6.45, 7) is 3.55. The fourth-order valence-electron chi connectivity index (χ4n) is 3.30. The average molecular weight is 375 g/mol. The van der Waals surface area contributed by atoms with E-state index in [-0.39, 0.29) is 0 Å². The number of ether oxygens (including phenoxy) is 2. The van der Waals surface area contributed by atoms with Crippen LogP contribution in [0.5, 0.6) is 11.5 Å². The summed E-state index contributed by atoms with van der Waals surface area (Å²) in [4.78, 5) is 2.43. The highest BCUT2D eigenvalue weighted by Crippen LogP contribution is 2.29. The minimum absolute atomic E-state index is 0.485. The topological polar surface area (TPSA) is 33.7 Å². The first kappa shape index (κ1) is 19.0. The quantitative estimate of drug-likeness (QED) is 0.753. The van der Waals surface area contributed by atoms with Gasteiger partial charge < -0.3 is 19.7 Å². The fraction of sp³-hybridized carbons (Fsp3) is 0.429. The number of nitrogens with one attached hydrogen (secondary N) is 1. The van der Waals surface area contributed by atoms with Crippen LogP contribution in [-0.2, 0) is 13.2 Å². The van der Waals surface area contributed by atoms with Crippen molar-refractivity contribution in [3.05, 3.63) is 58.6 Å². The Hall–Kier alpha value is -1.75. The Balaban J connectivity index is 1.54. The van der Waals surface area contributed by atoms with Gasteiger partial charge in [0.15, 0.2) is 11.5 Å². The van der Waals surface area contributed by atoms with E-state index in [1.165, 1.54) is 24.9 Å². The summed E-state index contributed by atoms with van der Waals surface area (Å²) in [7, 11) is 3.88. The molecule has 0 aliphatic carbocycles. The molecule has 0 amide bonds. The number of hydrogen-bond acceptors (Lipinski definition) is 4. The number of likely N-dealkylation sites (tertiary alicyclic amines) is 1. The largest absolute Gasteiger partial charge is 0.493 e. The molecule has 1 N–H and O–H groups in total. The smallest absolute Gasteiger partial charge is 0.161 e. The molecule has 1 heterocycles. The first-order chi connectivity index (χ1) is 12.7. The number of methoxy groups -OCH3 is 1. The Labute approximate surface area is 161 Å². The van der Waals surface area contributed by atoms with Crippen LogP contribution in [0.1, 0.15) is 24.0 Å². The highest BCUT2D eigenvalue weighted by atomic mass is 35.5. The Morgan fingerprint density at radius 1 is 1.12 bits per heavy atom. The van der Waals surface area contributed by atoms with Crippen molar-refractivity contribution in [3.8, 4) is 11.5 Å². The lowest BCUT2D eigenvalue weighted by Crippen LogP contribution is -2.35. The third kappa shape index (κ3) is 5.13. The first-order valence-corrected chi connectivity index (χ1v) is 9.48. The van der Waals surface area contributed by atoms with E-state index in [0.717, 1.165) is 35.2 Å². The van der Waals surface area contributed by atoms with Crippen LogP contribution >= 0.6 is 11.6 Å². The minimum atomic E-state index is 0.485. The number of nitrogens with zero attached hydrogens (tertiary/aromatic N) is 1. The van der Waals surface area contributed by atoms with Gasteiger partial charge in [-0.15, -0.1) is 0 Å². The molecule has 1 saturated heterocycles. The highest BCUT2D eigenvalue weighted by Gasteiger charge is 2.19. The third-order valence-corrected chi connectivity index (χ3v) is 5.17. The van der Waals surface area contributed by atoms with Crippen molar-refractivity contribution < 1.29 is 9.47 Å². The van der Waals surface area contributed by atoms with E-state index < -0.39 is 0 Å². The Morgan fingerprint density at radius 2 is 1.88 bits per heavy atom. The van der Waals surface area contributed by atoms with Crippen LogP contribution in [0, 0.1) is 0 Å². The van der Waals surface area contributed by atoms with Gasteiger partial charge in [-0.2, -0.15) is 0 Å². The molecule has 0 aromatic heterocycles. The Morgan fingerprint density at radius 3 is 2.58 bits per heavy atom. The normalized spacial score (nSPS) is 17.4. The molecule has 2 aromatic rings. The summed E-state index contributed by atoms with van der Waals surface area (Å²) in [5.41, 5.74) is 2.27. The lowest BCUT2D eigenvalue weighted by molar-refractivity contribution is 0.284. The van der Waals surface area contributed by atoms with Crippen molar-refractivity contribution in [1.29, 1.82) is 0 Å². The molecule has 0 radical (unpaired) electrons. The van der Waals surface area contributed by atoms with Gasteiger partial charge in [-0.3, -0.25) is 0 Å². The van der Waals surface area contributed by atoms with Crippen molar-refractivity contribution in [3.63, 3.8) is 0 Å². The second-order valence-corrected chi connectivity index (χ2v) is 7.24. The summed E-state index contributed by atoms with van der Waals surface area (Å²) < 4.78 is 11.4. The highest BCUT2D eigenvalue weighted by molar-refractivity contribution is 6.30. The maximum absolute atomic E-state index is 5.92. The number of rotatable bonds is 8. The standard InChI is InChI=1S/C21H27ClN2O2/c1-24-11-3-4-19(24)14-23-13-17-7-10-20(21(12-17)25-2)26-15-16-5-8-18(22)9-6-16/h5-10,12,19,23H,3-4,11,13-15H2,1-2H3. The van der Waals surface area contributed by atoms with Gasteiger partial charge in [0.1, 0.15) is 6.61 Å². The van der Waals surface area contributed by atoms with Gasteiger partial charge in [-0.1, -0.05) is 29.8 Å². The summed E-state index contributed by atoms with van der Waals surface area (Å²) in [5.74, 6) is 1.51. The summed E-state index contributed by atoms with van der Waals surface area (Å²) >= 11 is 5.92. The van der Waals surface area contributed by atoms with Gasteiger partial charge in [0.2, 0.25) is 0 Å². The molecular formula is C21H27ClN2O2. The van der Waals surface area contributed by atoms with E-state index in [2.05, 4.69) is 23.3 Å². The van der Waals surface area contributed by atoms with Crippen LogP contribution in [0.2, 0.25) is 5.02 Å². The number of hydrogen-bond donors (Lipinski definition) is 1. The van der Waals surface area contributed by atoms with Gasteiger partial charge in [0, 0.05) is 24.2 Å². The molecule has 26 heavy (non-hydrogen) atoms. The van der Waals surface area contributed by atoms with E-state index in [0.29, 0.717) is 12.6 Å². The van der Waals surface area contributed by atoms with Crippen LogP contribution in [0.15, 0.2) is 42.5 Å². The van der Waals surface area contributed by atoms with E-state index in [4.69, 9.17) is 21.1 Å². The van der Waals surface area contributed by atoms with Crippen LogP contribution < -0.4 is 14.8 Å². The van der Waals surface area contributed by atoms with E-state index >= 15 is 0 Å². The zero-order chi connectivity index (χ0) is 18.4. The predicted octanol–water partition coefficient (Wildman–Crippen LogP) is 4.11. The van der Waals surface area contributed by atoms with Crippen molar-refractivity contribution >= 4 is 11.6 Å². The minimum Gasteiger partial charge on any atom is -0.493 e. The molecule has 0 saturated carbocycles. The molecule has 140 valence electrons. The number of benzene rings is 2. The molecule has 1 fully saturated rings. The molecule has 2 aromatic carbocycles. The molecule has 1 aliphatic rings. The van der Waals surface area contributed by atoms with E-state index in [1.807, 2.05) is 36.4 Å². The fourth-order valence-corrected chi connectivity index (χ4v) is 3.43. The van der Waals surface area contributed by atoms with Gasteiger partial charge in [-0.05, 0) is 61.8 Å². The molecule has 1 aliphatic heterocycles. The average Bonchev–Trinajstić information content (AvgIpc) is 3.06. The number of halogens is 1. The first-order valence-electron chi connectivity index (χ1n) is 9.11. The summed E-state index contributed by atoms with van der Waals surface area (Å²) in [6.07, 6.45) is 2.58. The predicted molar refractivity (Wildman–Crippen MR) is 106 cm³/mol. The van der Waals surface area contributed by atoms with Gasteiger partial charge in [-0.25, -0.2) is 0 Å². The molecule has 1 unspecified atom stereocenters. The van der Waals surface area contributed by atoms with Gasteiger partial charge in [0.25, 0.3) is 0 Å². The zero-order valence-electron chi connectivity index (χ0n) is 15.5. The SMILES string of the molecule is COc1cc(CNCC2CCCN2C)ccc1OCc1ccc(Cl)cc1. The molecular weight excluding hydrogens is 348 g/mol.